The smallest absolute Gasteiger partial charge is 0.407 e. The molecule has 1 aromatic carbocycles. The third-order valence-corrected chi connectivity index (χ3v) is 8.41. The molecule has 12 nitrogen and oxygen atoms in total. The van der Waals surface area contributed by atoms with Crippen LogP contribution in [0, 0.1) is 12.7 Å². The minimum absolute atomic E-state index is 0.134. The first-order valence-electron chi connectivity index (χ1n) is 15.0. The number of nitrogens with zero attached hydrogens (tertiary/aromatic N) is 2. The van der Waals surface area contributed by atoms with Gasteiger partial charge < -0.3 is 34.5 Å². The Morgan fingerprint density at radius 3 is 2.69 bits per heavy atom. The molecular weight excluding hydrogens is 587 g/mol. The monoisotopic (exact) mass is 622 g/mol. The van der Waals surface area contributed by atoms with E-state index in [1.807, 2.05) is 0 Å². The van der Waals surface area contributed by atoms with Gasteiger partial charge in [-0.3, -0.25) is 4.79 Å². The highest BCUT2D eigenvalue weighted by Gasteiger charge is 2.37. The molecule has 4 heterocycles. The Morgan fingerprint density at radius 1 is 1.16 bits per heavy atom. The van der Waals surface area contributed by atoms with Crippen molar-refractivity contribution in [1.82, 2.24) is 20.2 Å². The first-order chi connectivity index (χ1) is 21.3. The van der Waals surface area contributed by atoms with Crippen LogP contribution in [0.2, 0.25) is 0 Å². The third kappa shape index (κ3) is 5.60. The Kier molecular flexibility index (Phi) is 7.76. The summed E-state index contributed by atoms with van der Waals surface area (Å²) in [6.45, 7) is 7.47. The zero-order valence-electron chi connectivity index (χ0n) is 25.5. The molecule has 1 aliphatic carbocycles. The maximum atomic E-state index is 15.0. The van der Waals surface area contributed by atoms with E-state index in [1.54, 1.807) is 33.8 Å². The zero-order valence-corrected chi connectivity index (χ0v) is 25.5. The standard InChI is InChI=1S/C32H35FN4O8/c1-15-16-7-8-21(36-31(42)43-10-6-5-9-34-30(41)45-32(2,3)4)25-18-13-37-23(26(18)35-22(24(16)25)12-20(15)33)11-17-19(28(37)39)14-44-29(40)27(17)38/h11-12,21,27,38H,5-10,13-14H2,1-4H3,(H,34,41)(H,36,42)/t21-,27?/m0/s1. The third-order valence-electron chi connectivity index (χ3n) is 8.41. The molecule has 2 aromatic heterocycles. The molecule has 3 aliphatic rings. The quantitative estimate of drug-likeness (QED) is 0.164. The van der Waals surface area contributed by atoms with Gasteiger partial charge in [-0.25, -0.2) is 23.8 Å². The van der Waals surface area contributed by atoms with Gasteiger partial charge in [0, 0.05) is 29.1 Å². The summed E-state index contributed by atoms with van der Waals surface area (Å²) in [5, 5.41) is 16.8. The Bertz CT molecular complexity index is 1810. The van der Waals surface area contributed by atoms with Crippen LogP contribution in [-0.4, -0.2) is 51.6 Å². The van der Waals surface area contributed by atoms with Gasteiger partial charge in [0.05, 0.1) is 41.7 Å². The Labute approximate surface area is 257 Å². The summed E-state index contributed by atoms with van der Waals surface area (Å²) in [5.74, 6) is -1.24. The SMILES string of the molecule is Cc1c(F)cc2nc3c(c4c2c1CC[C@@H]4NC(=O)OCCCCNC(=O)OC(C)(C)C)Cn1c-3cc2c(c1=O)COC(=O)C2O. The predicted molar refractivity (Wildman–Crippen MR) is 159 cm³/mol. The molecule has 0 spiro atoms. The van der Waals surface area contributed by atoms with Gasteiger partial charge in [0.15, 0.2) is 6.10 Å². The molecule has 2 atom stereocenters. The van der Waals surface area contributed by atoms with Gasteiger partial charge in [0.2, 0.25) is 0 Å². The van der Waals surface area contributed by atoms with Crippen LogP contribution in [0.25, 0.3) is 22.3 Å². The van der Waals surface area contributed by atoms with E-state index in [9.17, 15) is 24.3 Å². The summed E-state index contributed by atoms with van der Waals surface area (Å²) >= 11 is 0. The fraction of sp³-hybridized carbons (Fsp3) is 0.469. The number of hydrogen-bond donors (Lipinski definition) is 3. The van der Waals surface area contributed by atoms with Crippen molar-refractivity contribution in [2.45, 2.75) is 84.3 Å². The highest BCUT2D eigenvalue weighted by Crippen LogP contribution is 2.45. The Balaban J connectivity index is 1.25. The van der Waals surface area contributed by atoms with Gasteiger partial charge in [0.1, 0.15) is 18.0 Å². The number of rotatable bonds is 6. The van der Waals surface area contributed by atoms with E-state index >= 15 is 4.39 Å². The molecule has 0 bridgehead atoms. The van der Waals surface area contributed by atoms with Gasteiger partial charge in [-0.05, 0) is 76.1 Å². The second kappa shape index (κ2) is 11.4. The summed E-state index contributed by atoms with van der Waals surface area (Å²) in [6, 6.07) is 2.43. The molecule has 6 rings (SSSR count). The van der Waals surface area contributed by atoms with Gasteiger partial charge >= 0.3 is 18.2 Å². The summed E-state index contributed by atoms with van der Waals surface area (Å²) in [4.78, 5) is 55.1. The molecule has 2 amide bonds. The number of nitrogens with one attached hydrogen (secondary N) is 2. The normalized spacial score (nSPS) is 18.0. The number of amides is 2. The minimum atomic E-state index is -1.60. The number of pyridine rings is 2. The minimum Gasteiger partial charge on any atom is -0.458 e. The maximum Gasteiger partial charge on any atom is 0.407 e. The van der Waals surface area contributed by atoms with Crippen LogP contribution in [0.3, 0.4) is 0 Å². The van der Waals surface area contributed by atoms with Crippen LogP contribution in [0.1, 0.15) is 85.6 Å². The first kappa shape index (κ1) is 30.5. The number of aryl methyl sites for hydroxylation is 1. The van der Waals surface area contributed by atoms with Crippen molar-refractivity contribution in [1.29, 1.82) is 0 Å². The number of alkyl carbamates (subject to hydrolysis) is 2. The molecule has 3 aromatic rings. The number of carbonyl (C=O) groups excluding carboxylic acids is 3. The number of aliphatic hydroxyl groups is 1. The van der Waals surface area contributed by atoms with E-state index < -0.39 is 47.3 Å². The Morgan fingerprint density at radius 2 is 1.93 bits per heavy atom. The lowest BCUT2D eigenvalue weighted by atomic mass is 9.82. The van der Waals surface area contributed by atoms with Crippen LogP contribution >= 0.6 is 0 Å². The van der Waals surface area contributed by atoms with E-state index in [0.29, 0.717) is 60.3 Å². The van der Waals surface area contributed by atoms with Crippen molar-refractivity contribution in [2.24, 2.45) is 0 Å². The molecule has 1 unspecified atom stereocenters. The van der Waals surface area contributed by atoms with Crippen LogP contribution in [0.15, 0.2) is 16.9 Å². The average molecular weight is 623 g/mol. The lowest BCUT2D eigenvalue weighted by Gasteiger charge is -2.29. The fourth-order valence-electron chi connectivity index (χ4n) is 6.33. The molecular formula is C32H35FN4O8. The second-order valence-corrected chi connectivity index (χ2v) is 12.6. The first-order valence-corrected chi connectivity index (χ1v) is 15.0. The molecule has 238 valence electrons. The van der Waals surface area contributed by atoms with Gasteiger partial charge in [0.25, 0.3) is 5.56 Å². The Hall–Kier alpha value is -4.52. The van der Waals surface area contributed by atoms with Crippen molar-refractivity contribution < 1.29 is 38.1 Å². The van der Waals surface area contributed by atoms with E-state index in [2.05, 4.69) is 10.6 Å². The average Bonchev–Trinajstić information content (AvgIpc) is 3.34. The van der Waals surface area contributed by atoms with Crippen molar-refractivity contribution in [3.05, 3.63) is 61.7 Å². The summed E-state index contributed by atoms with van der Waals surface area (Å²) in [5.41, 5.74) is 3.33. The van der Waals surface area contributed by atoms with E-state index in [-0.39, 0.29) is 30.9 Å². The number of halogens is 1. The van der Waals surface area contributed by atoms with E-state index in [1.165, 1.54) is 10.6 Å². The topological polar surface area (TPSA) is 158 Å². The van der Waals surface area contributed by atoms with Crippen molar-refractivity contribution in [3.63, 3.8) is 0 Å². The largest absolute Gasteiger partial charge is 0.458 e. The highest BCUT2D eigenvalue weighted by atomic mass is 19.1. The number of cyclic esters (lactones) is 1. The van der Waals surface area contributed by atoms with Crippen LogP contribution in [0.4, 0.5) is 14.0 Å². The zero-order chi connectivity index (χ0) is 32.2. The molecule has 0 fully saturated rings. The van der Waals surface area contributed by atoms with Crippen LogP contribution in [-0.2, 0) is 38.6 Å². The summed E-state index contributed by atoms with van der Waals surface area (Å²) < 4.78 is 32.2. The highest BCUT2D eigenvalue weighted by molar-refractivity contribution is 5.93. The summed E-state index contributed by atoms with van der Waals surface area (Å²) in [7, 11) is 0. The number of ether oxygens (including phenoxy) is 3. The molecule has 0 saturated heterocycles. The fourth-order valence-corrected chi connectivity index (χ4v) is 6.33. The van der Waals surface area contributed by atoms with Crippen molar-refractivity contribution in [2.75, 3.05) is 13.2 Å². The molecule has 0 radical (unpaired) electrons. The lowest BCUT2D eigenvalue weighted by Crippen LogP contribution is -2.33. The molecule has 2 aliphatic heterocycles. The van der Waals surface area contributed by atoms with Crippen LogP contribution in [0.5, 0.6) is 0 Å². The van der Waals surface area contributed by atoms with Crippen molar-refractivity contribution in [3.8, 4) is 11.4 Å². The van der Waals surface area contributed by atoms with Gasteiger partial charge in [-0.15, -0.1) is 0 Å². The maximum absolute atomic E-state index is 15.0. The van der Waals surface area contributed by atoms with Crippen molar-refractivity contribution >= 4 is 29.1 Å². The number of hydrogen-bond acceptors (Lipinski definition) is 9. The number of carbonyl (C=O) groups is 3. The van der Waals surface area contributed by atoms with Crippen LogP contribution < -0.4 is 16.2 Å². The second-order valence-electron chi connectivity index (χ2n) is 12.6. The molecule has 0 saturated carbocycles. The molecule has 45 heavy (non-hydrogen) atoms. The number of fused-ring (bicyclic) bond motifs is 5. The number of aromatic nitrogens is 2. The van der Waals surface area contributed by atoms with Gasteiger partial charge in [-0.1, -0.05) is 0 Å². The van der Waals surface area contributed by atoms with E-state index in [4.69, 9.17) is 19.2 Å². The number of unbranched alkanes of at least 4 members (excludes halogenated alkanes) is 1. The van der Waals surface area contributed by atoms with Gasteiger partial charge in [-0.2, -0.15) is 0 Å². The number of benzene rings is 1. The lowest BCUT2D eigenvalue weighted by molar-refractivity contribution is -0.157. The number of aliphatic hydroxyl groups excluding tert-OH is 1. The molecule has 13 heteroatoms. The summed E-state index contributed by atoms with van der Waals surface area (Å²) in [6.07, 6.45) is -0.655. The van der Waals surface area contributed by atoms with E-state index in [0.717, 1.165) is 16.5 Å². The number of esters is 1. The molecule has 3 N–H and O–H groups in total. The predicted octanol–water partition coefficient (Wildman–Crippen LogP) is 3.98.